The van der Waals surface area contributed by atoms with Gasteiger partial charge in [0.25, 0.3) is 0 Å². The highest BCUT2D eigenvalue weighted by Gasteiger charge is 2.14. The van der Waals surface area contributed by atoms with Crippen molar-refractivity contribution < 1.29 is 9.13 Å². The molecule has 1 aliphatic heterocycles. The Labute approximate surface area is 102 Å². The van der Waals surface area contributed by atoms with Crippen molar-refractivity contribution in [3.05, 3.63) is 35.1 Å². The lowest BCUT2D eigenvalue weighted by Gasteiger charge is -2.09. The molecule has 94 valence electrons. The van der Waals surface area contributed by atoms with Crippen LogP contribution in [0.2, 0.25) is 0 Å². The van der Waals surface area contributed by atoms with Crippen LogP contribution < -0.4 is 5.32 Å². The maximum atomic E-state index is 13.3. The van der Waals surface area contributed by atoms with Crippen LogP contribution >= 0.6 is 0 Å². The van der Waals surface area contributed by atoms with E-state index in [0.29, 0.717) is 11.5 Å². The van der Waals surface area contributed by atoms with E-state index in [2.05, 4.69) is 5.32 Å². The van der Waals surface area contributed by atoms with E-state index in [1.165, 1.54) is 6.42 Å². The van der Waals surface area contributed by atoms with Gasteiger partial charge in [0.1, 0.15) is 5.82 Å². The Bertz CT molecular complexity index is 361. The van der Waals surface area contributed by atoms with Crippen LogP contribution in [0.5, 0.6) is 0 Å². The van der Waals surface area contributed by atoms with Gasteiger partial charge in [-0.15, -0.1) is 0 Å². The highest BCUT2D eigenvalue weighted by atomic mass is 19.1. The predicted octanol–water partition coefficient (Wildman–Crippen LogP) is 2.65. The zero-order chi connectivity index (χ0) is 12.1. The first kappa shape index (κ1) is 12.5. The van der Waals surface area contributed by atoms with Crippen LogP contribution in [-0.2, 0) is 11.3 Å². The average Bonchev–Trinajstić information content (AvgIpc) is 2.82. The normalized spacial score (nSPS) is 19.8. The number of hydrogen-bond acceptors (Lipinski definition) is 2. The number of rotatable bonds is 5. The fourth-order valence-electron chi connectivity index (χ4n) is 2.10. The van der Waals surface area contributed by atoms with Crippen molar-refractivity contribution in [3.8, 4) is 0 Å². The topological polar surface area (TPSA) is 21.3 Å². The minimum Gasteiger partial charge on any atom is -0.381 e. The number of halogens is 1. The van der Waals surface area contributed by atoms with Gasteiger partial charge in [0.2, 0.25) is 0 Å². The van der Waals surface area contributed by atoms with Crippen LogP contribution in [-0.4, -0.2) is 19.8 Å². The molecule has 2 nitrogen and oxygen atoms in total. The van der Waals surface area contributed by atoms with E-state index in [1.807, 2.05) is 12.1 Å². The number of aryl methyl sites for hydroxylation is 1. The van der Waals surface area contributed by atoms with E-state index in [-0.39, 0.29) is 5.82 Å². The number of benzene rings is 1. The number of nitrogens with one attached hydrogen (secondary N) is 1. The Morgan fingerprint density at radius 3 is 3.06 bits per heavy atom. The number of ether oxygens (including phenoxy) is 1. The summed E-state index contributed by atoms with van der Waals surface area (Å²) in [7, 11) is 0. The van der Waals surface area contributed by atoms with Crippen LogP contribution in [0.3, 0.4) is 0 Å². The Morgan fingerprint density at radius 1 is 1.47 bits per heavy atom. The third kappa shape index (κ3) is 3.79. The van der Waals surface area contributed by atoms with E-state index in [1.54, 1.807) is 13.0 Å². The molecule has 0 radical (unpaired) electrons. The van der Waals surface area contributed by atoms with Crippen LogP contribution in [0.15, 0.2) is 18.2 Å². The van der Waals surface area contributed by atoms with E-state index < -0.39 is 0 Å². The van der Waals surface area contributed by atoms with Crippen molar-refractivity contribution in [2.75, 3.05) is 19.8 Å². The van der Waals surface area contributed by atoms with Crippen LogP contribution in [0.4, 0.5) is 4.39 Å². The van der Waals surface area contributed by atoms with Gasteiger partial charge >= 0.3 is 0 Å². The maximum absolute atomic E-state index is 13.3. The standard InChI is InChI=1S/C14H20FNO/c1-11-2-3-13(8-14(11)15)9-16-6-4-12-5-7-17-10-12/h2-3,8,12,16H,4-7,9-10H2,1H3. The zero-order valence-corrected chi connectivity index (χ0v) is 10.3. The molecule has 1 unspecified atom stereocenters. The summed E-state index contributed by atoms with van der Waals surface area (Å²) in [5.74, 6) is 0.589. The second-order valence-electron chi connectivity index (χ2n) is 4.78. The second kappa shape index (κ2) is 6.12. The average molecular weight is 237 g/mol. The molecular weight excluding hydrogens is 217 g/mol. The molecule has 1 aliphatic rings. The lowest BCUT2D eigenvalue weighted by molar-refractivity contribution is 0.184. The van der Waals surface area contributed by atoms with Crippen LogP contribution in [0, 0.1) is 18.7 Å². The molecule has 1 heterocycles. The minimum atomic E-state index is -0.117. The minimum absolute atomic E-state index is 0.117. The molecule has 1 aromatic rings. The lowest BCUT2D eigenvalue weighted by Crippen LogP contribution is -2.18. The van der Waals surface area contributed by atoms with E-state index in [4.69, 9.17) is 4.74 Å². The van der Waals surface area contributed by atoms with Crippen molar-refractivity contribution in [3.63, 3.8) is 0 Å². The fourth-order valence-corrected chi connectivity index (χ4v) is 2.10. The number of hydrogen-bond donors (Lipinski definition) is 1. The molecule has 1 N–H and O–H groups in total. The van der Waals surface area contributed by atoms with Crippen LogP contribution in [0.1, 0.15) is 24.0 Å². The lowest BCUT2D eigenvalue weighted by atomic mass is 10.1. The molecule has 0 bridgehead atoms. The molecule has 1 aromatic carbocycles. The molecule has 1 saturated heterocycles. The van der Waals surface area contributed by atoms with Gasteiger partial charge in [-0.1, -0.05) is 12.1 Å². The Hall–Kier alpha value is -0.930. The van der Waals surface area contributed by atoms with E-state index in [9.17, 15) is 4.39 Å². The van der Waals surface area contributed by atoms with E-state index in [0.717, 1.165) is 38.3 Å². The summed E-state index contributed by atoms with van der Waals surface area (Å²) >= 11 is 0. The molecule has 2 rings (SSSR count). The smallest absolute Gasteiger partial charge is 0.126 e. The third-order valence-corrected chi connectivity index (χ3v) is 3.32. The summed E-state index contributed by atoms with van der Waals surface area (Å²) in [6, 6.07) is 5.42. The molecule has 17 heavy (non-hydrogen) atoms. The summed E-state index contributed by atoms with van der Waals surface area (Å²) in [5.41, 5.74) is 1.72. The molecule has 0 saturated carbocycles. The van der Waals surface area contributed by atoms with Gasteiger partial charge < -0.3 is 10.1 Å². The SMILES string of the molecule is Cc1ccc(CNCCC2CCOC2)cc1F. The third-order valence-electron chi connectivity index (χ3n) is 3.32. The maximum Gasteiger partial charge on any atom is 0.126 e. The van der Waals surface area contributed by atoms with Gasteiger partial charge in [-0.3, -0.25) is 0 Å². The van der Waals surface area contributed by atoms with Gasteiger partial charge in [-0.2, -0.15) is 0 Å². The van der Waals surface area contributed by atoms with Crippen molar-refractivity contribution in [1.29, 1.82) is 0 Å². The van der Waals surface area contributed by atoms with Gasteiger partial charge in [-0.25, -0.2) is 4.39 Å². The summed E-state index contributed by atoms with van der Waals surface area (Å²) in [4.78, 5) is 0. The molecule has 3 heteroatoms. The van der Waals surface area contributed by atoms with Crippen molar-refractivity contribution in [2.45, 2.75) is 26.3 Å². The predicted molar refractivity (Wildman–Crippen MR) is 66.4 cm³/mol. The van der Waals surface area contributed by atoms with Crippen molar-refractivity contribution in [1.82, 2.24) is 5.32 Å². The monoisotopic (exact) mass is 237 g/mol. The van der Waals surface area contributed by atoms with Crippen molar-refractivity contribution >= 4 is 0 Å². The summed E-state index contributed by atoms with van der Waals surface area (Å²) in [6.45, 7) is 5.32. The molecule has 1 fully saturated rings. The fraction of sp³-hybridized carbons (Fsp3) is 0.571. The van der Waals surface area contributed by atoms with Gasteiger partial charge in [-0.05, 0) is 49.4 Å². The van der Waals surface area contributed by atoms with Gasteiger partial charge in [0.15, 0.2) is 0 Å². The largest absolute Gasteiger partial charge is 0.381 e. The highest BCUT2D eigenvalue weighted by molar-refractivity contribution is 5.23. The molecule has 0 spiro atoms. The molecule has 0 amide bonds. The van der Waals surface area contributed by atoms with Gasteiger partial charge in [0, 0.05) is 19.8 Å². The molecule has 0 aliphatic carbocycles. The van der Waals surface area contributed by atoms with Crippen LogP contribution in [0.25, 0.3) is 0 Å². The zero-order valence-electron chi connectivity index (χ0n) is 10.3. The Balaban J connectivity index is 1.68. The first-order valence-electron chi connectivity index (χ1n) is 6.29. The molecule has 1 atom stereocenters. The first-order chi connectivity index (χ1) is 8.25. The van der Waals surface area contributed by atoms with E-state index >= 15 is 0 Å². The Kier molecular flexibility index (Phi) is 4.51. The summed E-state index contributed by atoms with van der Waals surface area (Å²) in [6.07, 6.45) is 2.33. The molecular formula is C14H20FNO. The second-order valence-corrected chi connectivity index (χ2v) is 4.78. The first-order valence-corrected chi connectivity index (χ1v) is 6.29. The quantitative estimate of drug-likeness (QED) is 0.795. The van der Waals surface area contributed by atoms with Gasteiger partial charge in [0.05, 0.1) is 0 Å². The summed E-state index contributed by atoms with van der Waals surface area (Å²) < 4.78 is 18.6. The summed E-state index contributed by atoms with van der Waals surface area (Å²) in [5, 5.41) is 3.35. The van der Waals surface area contributed by atoms with Crippen molar-refractivity contribution in [2.24, 2.45) is 5.92 Å². The Morgan fingerprint density at radius 2 is 2.35 bits per heavy atom. The molecule has 0 aromatic heterocycles. The highest BCUT2D eigenvalue weighted by Crippen LogP contribution is 2.15.